The van der Waals surface area contributed by atoms with Gasteiger partial charge in [0.2, 0.25) is 5.91 Å². The van der Waals surface area contributed by atoms with Crippen molar-refractivity contribution in [1.82, 2.24) is 14.7 Å². The first-order chi connectivity index (χ1) is 16.0. The zero-order valence-electron chi connectivity index (χ0n) is 18.9. The third kappa shape index (κ3) is 5.43. The minimum absolute atomic E-state index is 0.00958. The fourth-order valence-electron chi connectivity index (χ4n) is 4.71. The molecule has 178 valence electrons. The fourth-order valence-corrected chi connectivity index (χ4v) is 4.91. The van der Waals surface area contributed by atoms with Gasteiger partial charge in [-0.3, -0.25) is 9.59 Å². The summed E-state index contributed by atoms with van der Waals surface area (Å²) in [6, 6.07) is 7.13. The molecule has 1 aliphatic carbocycles. The maximum atomic E-state index is 13.4. The van der Waals surface area contributed by atoms with Crippen molar-refractivity contribution in [3.63, 3.8) is 0 Å². The SMILES string of the molecule is CCOC(=O)N1CCN(C(=O)CN2C(=O)/C(=C\c3cccc(Cl)c3)OC3CCCCC32)CC1. The molecule has 2 atom stereocenters. The lowest BCUT2D eigenvalue weighted by Crippen LogP contribution is -2.59. The lowest BCUT2D eigenvalue weighted by atomic mass is 9.89. The van der Waals surface area contributed by atoms with Gasteiger partial charge in [-0.15, -0.1) is 0 Å². The largest absolute Gasteiger partial charge is 0.482 e. The highest BCUT2D eigenvalue weighted by molar-refractivity contribution is 6.30. The molecule has 4 rings (SSSR count). The van der Waals surface area contributed by atoms with Crippen LogP contribution in [0.5, 0.6) is 0 Å². The van der Waals surface area contributed by atoms with Gasteiger partial charge in [0.05, 0.1) is 12.6 Å². The number of nitrogens with zero attached hydrogens (tertiary/aromatic N) is 3. The number of halogens is 1. The van der Waals surface area contributed by atoms with Crippen LogP contribution in [-0.4, -0.2) is 84.1 Å². The minimum atomic E-state index is -0.353. The fraction of sp³-hybridized carbons (Fsp3) is 0.542. The average Bonchev–Trinajstić information content (AvgIpc) is 2.82. The molecule has 0 radical (unpaired) electrons. The van der Waals surface area contributed by atoms with E-state index in [1.165, 1.54) is 0 Å². The van der Waals surface area contributed by atoms with Crippen LogP contribution in [0.15, 0.2) is 30.0 Å². The topological polar surface area (TPSA) is 79.4 Å². The van der Waals surface area contributed by atoms with E-state index >= 15 is 0 Å². The van der Waals surface area contributed by atoms with Gasteiger partial charge in [0.15, 0.2) is 5.76 Å². The van der Waals surface area contributed by atoms with E-state index in [-0.39, 0.29) is 42.4 Å². The molecule has 3 aliphatic rings. The summed E-state index contributed by atoms with van der Waals surface area (Å²) in [7, 11) is 0. The molecule has 3 amide bonds. The van der Waals surface area contributed by atoms with Crippen molar-refractivity contribution in [3.8, 4) is 0 Å². The third-order valence-corrected chi connectivity index (χ3v) is 6.66. The van der Waals surface area contributed by atoms with Gasteiger partial charge in [-0.25, -0.2) is 4.79 Å². The van der Waals surface area contributed by atoms with E-state index < -0.39 is 0 Å². The van der Waals surface area contributed by atoms with Crippen LogP contribution in [0.25, 0.3) is 6.08 Å². The van der Waals surface area contributed by atoms with Gasteiger partial charge in [-0.2, -0.15) is 0 Å². The van der Waals surface area contributed by atoms with E-state index in [1.54, 1.807) is 39.8 Å². The predicted molar refractivity (Wildman–Crippen MR) is 123 cm³/mol. The Labute approximate surface area is 199 Å². The highest BCUT2D eigenvalue weighted by Gasteiger charge is 2.42. The Morgan fingerprint density at radius 1 is 1.15 bits per heavy atom. The van der Waals surface area contributed by atoms with E-state index in [0.29, 0.717) is 37.8 Å². The molecule has 1 saturated carbocycles. The summed E-state index contributed by atoms with van der Waals surface area (Å²) in [6.45, 7) is 3.80. The Morgan fingerprint density at radius 3 is 2.61 bits per heavy atom. The Kier molecular flexibility index (Phi) is 7.42. The number of benzene rings is 1. The molecule has 0 bridgehead atoms. The van der Waals surface area contributed by atoms with Gasteiger partial charge in [-0.05, 0) is 50.0 Å². The summed E-state index contributed by atoms with van der Waals surface area (Å²) < 4.78 is 11.2. The van der Waals surface area contributed by atoms with E-state index in [2.05, 4.69) is 0 Å². The number of fused-ring (bicyclic) bond motifs is 1. The molecule has 1 aromatic rings. The van der Waals surface area contributed by atoms with Crippen molar-refractivity contribution < 1.29 is 23.9 Å². The number of piperazine rings is 1. The van der Waals surface area contributed by atoms with Crippen LogP contribution in [0.2, 0.25) is 5.02 Å². The molecule has 0 N–H and O–H groups in total. The monoisotopic (exact) mass is 475 g/mol. The molecule has 8 nitrogen and oxygen atoms in total. The number of morpholine rings is 1. The second-order valence-corrected chi connectivity index (χ2v) is 9.01. The highest BCUT2D eigenvalue weighted by Crippen LogP contribution is 2.33. The summed E-state index contributed by atoms with van der Waals surface area (Å²) in [5.74, 6) is -0.128. The van der Waals surface area contributed by atoms with Crippen molar-refractivity contribution in [2.24, 2.45) is 0 Å². The van der Waals surface area contributed by atoms with Crippen molar-refractivity contribution in [1.29, 1.82) is 0 Å². The number of ether oxygens (including phenoxy) is 2. The van der Waals surface area contributed by atoms with Crippen LogP contribution in [0, 0.1) is 0 Å². The summed E-state index contributed by atoms with van der Waals surface area (Å²) in [6.07, 6.45) is 4.96. The van der Waals surface area contributed by atoms with Crippen molar-refractivity contribution in [2.75, 3.05) is 39.3 Å². The van der Waals surface area contributed by atoms with Crippen molar-refractivity contribution in [3.05, 3.63) is 40.6 Å². The van der Waals surface area contributed by atoms with E-state index in [1.807, 2.05) is 12.1 Å². The van der Waals surface area contributed by atoms with Crippen LogP contribution in [0.1, 0.15) is 38.2 Å². The molecule has 2 heterocycles. The first kappa shape index (κ1) is 23.4. The van der Waals surface area contributed by atoms with Gasteiger partial charge in [0.1, 0.15) is 12.6 Å². The Balaban J connectivity index is 1.46. The van der Waals surface area contributed by atoms with Crippen LogP contribution >= 0.6 is 11.6 Å². The number of amides is 3. The number of carbonyl (C=O) groups is 3. The number of rotatable bonds is 4. The van der Waals surface area contributed by atoms with E-state index in [9.17, 15) is 14.4 Å². The second-order valence-electron chi connectivity index (χ2n) is 8.57. The minimum Gasteiger partial charge on any atom is -0.482 e. The van der Waals surface area contributed by atoms with Crippen LogP contribution in [0.3, 0.4) is 0 Å². The van der Waals surface area contributed by atoms with Gasteiger partial charge < -0.3 is 24.2 Å². The number of hydrogen-bond donors (Lipinski definition) is 0. The molecular weight excluding hydrogens is 446 g/mol. The lowest BCUT2D eigenvalue weighted by Gasteiger charge is -2.45. The average molecular weight is 476 g/mol. The van der Waals surface area contributed by atoms with Gasteiger partial charge >= 0.3 is 6.09 Å². The maximum Gasteiger partial charge on any atom is 0.409 e. The van der Waals surface area contributed by atoms with E-state index in [4.69, 9.17) is 21.1 Å². The van der Waals surface area contributed by atoms with Crippen LogP contribution in [0.4, 0.5) is 4.79 Å². The summed E-state index contributed by atoms with van der Waals surface area (Å²) in [5.41, 5.74) is 0.779. The quantitative estimate of drug-likeness (QED) is 0.625. The van der Waals surface area contributed by atoms with Crippen molar-refractivity contribution >= 4 is 35.6 Å². The van der Waals surface area contributed by atoms with Gasteiger partial charge in [-0.1, -0.05) is 30.2 Å². The molecule has 0 spiro atoms. The molecular formula is C24H30ClN3O5. The molecule has 3 fully saturated rings. The molecule has 1 aromatic carbocycles. The summed E-state index contributed by atoms with van der Waals surface area (Å²) >= 11 is 6.09. The highest BCUT2D eigenvalue weighted by atomic mass is 35.5. The first-order valence-electron chi connectivity index (χ1n) is 11.6. The Hall–Kier alpha value is -2.74. The Morgan fingerprint density at radius 2 is 1.88 bits per heavy atom. The molecule has 9 heteroatoms. The summed E-state index contributed by atoms with van der Waals surface area (Å²) in [5, 5.41) is 0.581. The smallest absolute Gasteiger partial charge is 0.409 e. The second kappa shape index (κ2) is 10.5. The molecule has 33 heavy (non-hydrogen) atoms. The normalized spacial score (nSPS) is 24.4. The standard InChI is InChI=1S/C24H30ClN3O5/c1-2-32-24(31)27-12-10-26(11-13-27)22(29)16-28-19-8-3-4-9-20(19)33-21(23(28)30)15-17-6-5-7-18(25)14-17/h5-7,14-15,19-20H,2-4,8-13,16H2,1H3/b21-15+. The van der Waals surface area contributed by atoms with Gasteiger partial charge in [0, 0.05) is 31.2 Å². The van der Waals surface area contributed by atoms with Crippen LogP contribution < -0.4 is 0 Å². The molecule has 2 aliphatic heterocycles. The lowest BCUT2D eigenvalue weighted by molar-refractivity contribution is -0.154. The maximum absolute atomic E-state index is 13.4. The molecule has 2 unspecified atom stereocenters. The van der Waals surface area contributed by atoms with Gasteiger partial charge in [0.25, 0.3) is 5.91 Å². The predicted octanol–water partition coefficient (Wildman–Crippen LogP) is 3.15. The van der Waals surface area contributed by atoms with Crippen LogP contribution in [-0.2, 0) is 19.1 Å². The molecule has 2 saturated heterocycles. The molecule has 0 aromatic heterocycles. The Bertz CT molecular complexity index is 928. The zero-order valence-corrected chi connectivity index (χ0v) is 19.6. The first-order valence-corrected chi connectivity index (χ1v) is 12.0. The third-order valence-electron chi connectivity index (χ3n) is 6.43. The number of carbonyl (C=O) groups excluding carboxylic acids is 3. The number of hydrogen-bond acceptors (Lipinski definition) is 5. The van der Waals surface area contributed by atoms with Crippen molar-refractivity contribution in [2.45, 2.75) is 44.8 Å². The van der Waals surface area contributed by atoms with E-state index in [0.717, 1.165) is 31.2 Å². The summed E-state index contributed by atoms with van der Waals surface area (Å²) in [4.78, 5) is 43.4. The zero-order chi connectivity index (χ0) is 23.4.